The van der Waals surface area contributed by atoms with Crippen molar-refractivity contribution in [3.8, 4) is 5.75 Å². The molecule has 29 heavy (non-hydrogen) atoms. The maximum atomic E-state index is 13.4. The first-order valence-electron chi connectivity index (χ1n) is 10.8. The van der Waals surface area contributed by atoms with Crippen molar-refractivity contribution in [2.24, 2.45) is 0 Å². The van der Waals surface area contributed by atoms with Gasteiger partial charge in [-0.05, 0) is 40.1 Å². The van der Waals surface area contributed by atoms with Gasteiger partial charge in [0.25, 0.3) is 0 Å². The van der Waals surface area contributed by atoms with Crippen LogP contribution in [0.5, 0.6) is 5.75 Å². The summed E-state index contributed by atoms with van der Waals surface area (Å²) in [4.78, 5) is 4.97. The van der Waals surface area contributed by atoms with Crippen LogP contribution in [0.3, 0.4) is 0 Å². The molecule has 0 bridgehead atoms. The molecule has 1 saturated heterocycles. The van der Waals surface area contributed by atoms with Crippen LogP contribution in [0.15, 0.2) is 42.5 Å². The van der Waals surface area contributed by atoms with Gasteiger partial charge in [0.1, 0.15) is 0 Å². The molecule has 0 amide bonds. The standard InChI is InChI=1S/C26H38N2O/c1-25(2,3)21-17-20(18-22(24(21)29)26(4,5)6)23(19-11-9-8-10-12-19)28-15-13-27(7)14-16-28/h8-12,17-18,23,29H,13-16H2,1-7H3/p-1. The maximum Gasteiger partial charge on any atom is 0.0602 e. The van der Waals surface area contributed by atoms with E-state index < -0.39 is 0 Å². The van der Waals surface area contributed by atoms with Crippen molar-refractivity contribution in [1.82, 2.24) is 9.80 Å². The van der Waals surface area contributed by atoms with Gasteiger partial charge in [0.2, 0.25) is 0 Å². The van der Waals surface area contributed by atoms with Crippen LogP contribution in [0.4, 0.5) is 0 Å². The zero-order chi connectivity index (χ0) is 21.4. The highest BCUT2D eigenvalue weighted by molar-refractivity contribution is 5.51. The van der Waals surface area contributed by atoms with Crippen LogP contribution < -0.4 is 5.11 Å². The predicted molar refractivity (Wildman–Crippen MR) is 121 cm³/mol. The Morgan fingerprint density at radius 2 is 1.24 bits per heavy atom. The van der Waals surface area contributed by atoms with Gasteiger partial charge in [-0.25, -0.2) is 0 Å². The van der Waals surface area contributed by atoms with Gasteiger partial charge in [0, 0.05) is 26.2 Å². The number of rotatable bonds is 3. The molecule has 3 rings (SSSR count). The summed E-state index contributed by atoms with van der Waals surface area (Å²) in [7, 11) is 2.19. The van der Waals surface area contributed by atoms with Crippen LogP contribution >= 0.6 is 0 Å². The minimum atomic E-state index is -0.184. The Morgan fingerprint density at radius 1 is 0.759 bits per heavy atom. The number of likely N-dealkylation sites (N-methyl/N-ethyl adjacent to an activating group) is 1. The lowest BCUT2D eigenvalue weighted by molar-refractivity contribution is -0.271. The van der Waals surface area contributed by atoms with Crippen molar-refractivity contribution in [3.63, 3.8) is 0 Å². The summed E-state index contributed by atoms with van der Waals surface area (Å²) < 4.78 is 0. The Labute approximate surface area is 177 Å². The maximum absolute atomic E-state index is 13.4. The molecule has 0 saturated carbocycles. The van der Waals surface area contributed by atoms with Crippen LogP contribution in [0, 0.1) is 0 Å². The molecule has 1 heterocycles. The Kier molecular flexibility index (Phi) is 6.12. The van der Waals surface area contributed by atoms with Crippen molar-refractivity contribution < 1.29 is 5.11 Å². The van der Waals surface area contributed by atoms with Crippen LogP contribution in [0.1, 0.15) is 69.8 Å². The van der Waals surface area contributed by atoms with Crippen molar-refractivity contribution in [2.45, 2.75) is 58.4 Å². The second kappa shape index (κ2) is 8.12. The third-order valence-corrected chi connectivity index (χ3v) is 6.06. The topological polar surface area (TPSA) is 29.5 Å². The molecule has 1 unspecified atom stereocenters. The van der Waals surface area contributed by atoms with E-state index in [2.05, 4.69) is 101 Å². The lowest BCUT2D eigenvalue weighted by Crippen LogP contribution is -2.46. The van der Waals surface area contributed by atoms with E-state index in [1.165, 1.54) is 11.1 Å². The van der Waals surface area contributed by atoms with Gasteiger partial charge >= 0.3 is 0 Å². The van der Waals surface area contributed by atoms with Crippen molar-refractivity contribution in [3.05, 3.63) is 64.7 Å². The van der Waals surface area contributed by atoms with Gasteiger partial charge in [0.15, 0.2) is 0 Å². The highest BCUT2D eigenvalue weighted by Crippen LogP contribution is 2.41. The predicted octanol–water partition coefficient (Wildman–Crippen LogP) is 4.69. The Bertz CT molecular complexity index is 787. The van der Waals surface area contributed by atoms with Gasteiger partial charge in [-0.15, -0.1) is 5.75 Å². The highest BCUT2D eigenvalue weighted by atomic mass is 16.3. The molecule has 158 valence electrons. The van der Waals surface area contributed by atoms with E-state index in [0.29, 0.717) is 0 Å². The van der Waals surface area contributed by atoms with Crippen LogP contribution in [0.25, 0.3) is 0 Å². The molecule has 1 aliphatic rings. The highest BCUT2D eigenvalue weighted by Gasteiger charge is 2.29. The lowest BCUT2D eigenvalue weighted by Gasteiger charge is -2.40. The second-order valence-corrected chi connectivity index (χ2v) is 10.6. The minimum absolute atomic E-state index is 0.174. The fourth-order valence-electron chi connectivity index (χ4n) is 4.25. The van der Waals surface area contributed by atoms with E-state index in [1.54, 1.807) is 0 Å². The zero-order valence-electron chi connectivity index (χ0n) is 19.2. The molecule has 0 radical (unpaired) electrons. The molecule has 0 spiro atoms. The molecule has 0 aromatic heterocycles. The molecule has 1 fully saturated rings. The molecule has 1 aliphatic heterocycles. The van der Waals surface area contributed by atoms with Gasteiger partial charge < -0.3 is 10.0 Å². The second-order valence-electron chi connectivity index (χ2n) is 10.6. The Hall–Kier alpha value is -1.84. The van der Waals surface area contributed by atoms with E-state index in [1.807, 2.05) is 0 Å². The number of benzene rings is 2. The largest absolute Gasteiger partial charge is 0.872 e. The van der Waals surface area contributed by atoms with Crippen LogP contribution in [0.2, 0.25) is 0 Å². The first-order chi connectivity index (χ1) is 13.5. The molecule has 0 aliphatic carbocycles. The molecular weight excluding hydrogens is 356 g/mol. The zero-order valence-corrected chi connectivity index (χ0v) is 19.2. The molecule has 1 atom stereocenters. The van der Waals surface area contributed by atoms with E-state index >= 15 is 0 Å². The monoisotopic (exact) mass is 393 g/mol. The van der Waals surface area contributed by atoms with Gasteiger partial charge in [-0.3, -0.25) is 4.90 Å². The van der Waals surface area contributed by atoms with Crippen molar-refractivity contribution in [2.75, 3.05) is 33.2 Å². The van der Waals surface area contributed by atoms with Crippen LogP contribution in [-0.2, 0) is 10.8 Å². The van der Waals surface area contributed by atoms with E-state index in [9.17, 15) is 5.11 Å². The summed E-state index contributed by atoms with van der Waals surface area (Å²) in [6.07, 6.45) is 0. The van der Waals surface area contributed by atoms with Gasteiger partial charge in [0.05, 0.1) is 6.04 Å². The first-order valence-corrected chi connectivity index (χ1v) is 10.8. The Balaban J connectivity index is 2.19. The normalized spacial score (nSPS) is 18.0. The third kappa shape index (κ3) is 4.84. The molecule has 0 N–H and O–H groups in total. The third-order valence-electron chi connectivity index (χ3n) is 6.06. The SMILES string of the molecule is CN1CCN(C(c2ccccc2)c2cc(C(C)(C)C)c([O-])c(C(C)(C)C)c2)CC1. The number of nitrogens with zero attached hydrogens (tertiary/aromatic N) is 2. The van der Waals surface area contributed by atoms with Crippen molar-refractivity contribution >= 4 is 0 Å². The quantitative estimate of drug-likeness (QED) is 0.757. The van der Waals surface area contributed by atoms with E-state index in [0.717, 1.165) is 37.3 Å². The minimum Gasteiger partial charge on any atom is -0.872 e. The fraction of sp³-hybridized carbons (Fsp3) is 0.538. The van der Waals surface area contributed by atoms with Gasteiger partial charge in [-0.1, -0.05) is 84.0 Å². The summed E-state index contributed by atoms with van der Waals surface area (Å²) in [5, 5.41) is 13.4. The molecule has 2 aromatic carbocycles. The summed E-state index contributed by atoms with van der Waals surface area (Å²) in [6.45, 7) is 17.1. The molecular formula is C26H37N2O-. The lowest BCUT2D eigenvalue weighted by atomic mass is 9.77. The fourth-order valence-corrected chi connectivity index (χ4v) is 4.25. The smallest absolute Gasteiger partial charge is 0.0602 e. The summed E-state index contributed by atoms with van der Waals surface area (Å²) >= 11 is 0. The van der Waals surface area contributed by atoms with E-state index in [4.69, 9.17) is 0 Å². The number of hydrogen-bond donors (Lipinski definition) is 0. The Morgan fingerprint density at radius 3 is 1.69 bits per heavy atom. The molecule has 3 heteroatoms. The first kappa shape index (κ1) is 21.9. The van der Waals surface area contributed by atoms with E-state index in [-0.39, 0.29) is 22.6 Å². The summed E-state index contributed by atoms with van der Waals surface area (Å²) in [6, 6.07) is 15.3. The van der Waals surface area contributed by atoms with Crippen LogP contribution in [-0.4, -0.2) is 43.0 Å². The average molecular weight is 394 g/mol. The van der Waals surface area contributed by atoms with Gasteiger partial charge in [-0.2, -0.15) is 0 Å². The number of hydrogen-bond acceptors (Lipinski definition) is 3. The molecule has 3 nitrogen and oxygen atoms in total. The summed E-state index contributed by atoms with van der Waals surface area (Å²) in [5.74, 6) is 0.207. The van der Waals surface area contributed by atoms with Crippen molar-refractivity contribution in [1.29, 1.82) is 0 Å². The molecule has 2 aromatic rings. The average Bonchev–Trinajstić information content (AvgIpc) is 2.63. The number of piperazine rings is 1. The summed E-state index contributed by atoms with van der Waals surface area (Å²) in [5.41, 5.74) is 4.03.